The molecule has 0 aromatic heterocycles. The van der Waals surface area contributed by atoms with E-state index < -0.39 is 12.1 Å². The molecule has 0 saturated heterocycles. The quantitative estimate of drug-likeness (QED) is 0.626. The van der Waals surface area contributed by atoms with E-state index in [0.29, 0.717) is 19.6 Å². The summed E-state index contributed by atoms with van der Waals surface area (Å²) in [7, 11) is 1.41. The summed E-state index contributed by atoms with van der Waals surface area (Å²) in [6.07, 6.45) is 5.20. The molecule has 0 fully saturated rings. The van der Waals surface area contributed by atoms with Crippen LogP contribution in [0.1, 0.15) is 36.0 Å². The first-order chi connectivity index (χ1) is 13.7. The van der Waals surface area contributed by atoms with Crippen molar-refractivity contribution in [2.75, 3.05) is 20.3 Å². The summed E-state index contributed by atoms with van der Waals surface area (Å²) < 4.78 is 16.6. The lowest BCUT2D eigenvalue weighted by Gasteiger charge is -2.16. The average molecular weight is 384 g/mol. The minimum Gasteiger partial charge on any atom is -0.493 e. The lowest BCUT2D eigenvalue weighted by atomic mass is 9.92. The van der Waals surface area contributed by atoms with Gasteiger partial charge in [-0.05, 0) is 66.6 Å². The van der Waals surface area contributed by atoms with Crippen LogP contribution in [0.5, 0.6) is 11.5 Å². The molecule has 0 heterocycles. The topological polar surface area (TPSA) is 65.0 Å². The molecule has 5 nitrogen and oxygen atoms in total. The van der Waals surface area contributed by atoms with Gasteiger partial charge in [-0.15, -0.1) is 0 Å². The van der Waals surface area contributed by atoms with Gasteiger partial charge in [0.15, 0.2) is 6.10 Å². The van der Waals surface area contributed by atoms with E-state index in [-0.39, 0.29) is 0 Å². The lowest BCUT2D eigenvalue weighted by molar-refractivity contribution is -0.148. The molecule has 1 atom stereocenters. The van der Waals surface area contributed by atoms with Crippen molar-refractivity contribution >= 4 is 5.97 Å². The summed E-state index contributed by atoms with van der Waals surface area (Å²) in [6, 6.07) is 13.9. The molecule has 0 aliphatic heterocycles. The van der Waals surface area contributed by atoms with Gasteiger partial charge in [0.25, 0.3) is 0 Å². The van der Waals surface area contributed by atoms with Gasteiger partial charge in [0.2, 0.25) is 0 Å². The second kappa shape index (κ2) is 10.1. The van der Waals surface area contributed by atoms with E-state index >= 15 is 0 Å². The highest BCUT2D eigenvalue weighted by Gasteiger charge is 2.16. The van der Waals surface area contributed by atoms with E-state index in [9.17, 15) is 4.79 Å². The maximum absolute atomic E-state index is 11.0. The number of carboxylic acids is 1. The standard InChI is InChI=1S/C23H28O5/c1-26-22(23(24)25)15-17-7-10-20(11-8-17)27-13-4-14-28-21-12-9-18-5-2-3-6-19(18)16-21/h7-12,16,22H,2-6,13-15H2,1H3,(H,24,25)/t22-/m0/s1. The largest absolute Gasteiger partial charge is 0.493 e. The molecule has 0 unspecified atom stereocenters. The van der Waals surface area contributed by atoms with Gasteiger partial charge >= 0.3 is 5.97 Å². The first kappa shape index (κ1) is 20.2. The van der Waals surface area contributed by atoms with Crippen molar-refractivity contribution in [2.45, 2.75) is 44.6 Å². The molecule has 0 saturated carbocycles. The highest BCUT2D eigenvalue weighted by molar-refractivity contribution is 5.72. The fourth-order valence-electron chi connectivity index (χ4n) is 3.45. The van der Waals surface area contributed by atoms with Crippen molar-refractivity contribution in [3.05, 3.63) is 59.2 Å². The van der Waals surface area contributed by atoms with E-state index in [1.165, 1.54) is 37.5 Å². The minimum atomic E-state index is -0.957. The molecule has 150 valence electrons. The maximum Gasteiger partial charge on any atom is 0.333 e. The molecular weight excluding hydrogens is 356 g/mol. The van der Waals surface area contributed by atoms with Gasteiger partial charge in [-0.2, -0.15) is 0 Å². The molecule has 1 N–H and O–H groups in total. The van der Waals surface area contributed by atoms with Crippen LogP contribution in [0.15, 0.2) is 42.5 Å². The maximum atomic E-state index is 11.0. The predicted octanol–water partition coefficient (Wildman–Crippen LogP) is 4.06. The van der Waals surface area contributed by atoms with Crippen LogP contribution in [-0.4, -0.2) is 37.5 Å². The second-order valence-electron chi connectivity index (χ2n) is 7.10. The molecule has 0 radical (unpaired) electrons. The van der Waals surface area contributed by atoms with E-state index in [1.807, 2.05) is 24.3 Å². The molecule has 2 aromatic carbocycles. The Morgan fingerprint density at radius 3 is 2.29 bits per heavy atom. The highest BCUT2D eigenvalue weighted by Crippen LogP contribution is 2.25. The van der Waals surface area contributed by atoms with Crippen molar-refractivity contribution in [2.24, 2.45) is 0 Å². The van der Waals surface area contributed by atoms with Crippen LogP contribution in [0, 0.1) is 0 Å². The van der Waals surface area contributed by atoms with Crippen LogP contribution in [0.2, 0.25) is 0 Å². The zero-order valence-electron chi connectivity index (χ0n) is 16.4. The van der Waals surface area contributed by atoms with Gasteiger partial charge in [-0.25, -0.2) is 4.79 Å². The van der Waals surface area contributed by atoms with Gasteiger partial charge in [-0.3, -0.25) is 0 Å². The van der Waals surface area contributed by atoms with Gasteiger partial charge in [0.05, 0.1) is 13.2 Å². The third-order valence-electron chi connectivity index (χ3n) is 5.05. The van der Waals surface area contributed by atoms with Crippen LogP contribution >= 0.6 is 0 Å². The number of aryl methyl sites for hydroxylation is 2. The highest BCUT2D eigenvalue weighted by atomic mass is 16.5. The molecule has 1 aliphatic carbocycles. The van der Waals surface area contributed by atoms with E-state index in [0.717, 1.165) is 29.9 Å². The average Bonchev–Trinajstić information content (AvgIpc) is 2.72. The van der Waals surface area contributed by atoms with Crippen molar-refractivity contribution in [1.82, 2.24) is 0 Å². The normalized spacial score (nSPS) is 14.2. The van der Waals surface area contributed by atoms with Crippen molar-refractivity contribution in [3.63, 3.8) is 0 Å². The predicted molar refractivity (Wildman–Crippen MR) is 107 cm³/mol. The van der Waals surface area contributed by atoms with Crippen LogP contribution in [0.3, 0.4) is 0 Å². The van der Waals surface area contributed by atoms with E-state index in [1.54, 1.807) is 0 Å². The smallest absolute Gasteiger partial charge is 0.333 e. The van der Waals surface area contributed by atoms with Crippen LogP contribution in [-0.2, 0) is 28.8 Å². The molecule has 1 aliphatic rings. The Morgan fingerprint density at radius 2 is 1.61 bits per heavy atom. The molecule has 28 heavy (non-hydrogen) atoms. The lowest BCUT2D eigenvalue weighted by Crippen LogP contribution is -2.24. The first-order valence-electron chi connectivity index (χ1n) is 9.87. The summed E-state index contributed by atoms with van der Waals surface area (Å²) in [5, 5.41) is 9.03. The molecular formula is C23H28O5. The molecule has 0 amide bonds. The molecule has 0 spiro atoms. The number of carbonyl (C=O) groups is 1. The number of carboxylic acid groups (broad SMARTS) is 1. The number of rotatable bonds is 10. The Balaban J connectivity index is 1.38. The Labute approximate surface area is 166 Å². The second-order valence-corrected chi connectivity index (χ2v) is 7.10. The Kier molecular flexibility index (Phi) is 7.31. The summed E-state index contributed by atoms with van der Waals surface area (Å²) in [6.45, 7) is 1.19. The zero-order chi connectivity index (χ0) is 19.8. The number of hydrogen-bond acceptors (Lipinski definition) is 4. The number of benzene rings is 2. The molecule has 0 bridgehead atoms. The van der Waals surface area contributed by atoms with Gasteiger partial charge in [0, 0.05) is 20.0 Å². The Bertz CT molecular complexity index is 769. The van der Waals surface area contributed by atoms with Crippen molar-refractivity contribution in [3.8, 4) is 11.5 Å². The van der Waals surface area contributed by atoms with Crippen LogP contribution in [0.25, 0.3) is 0 Å². The third kappa shape index (κ3) is 5.73. The first-order valence-corrected chi connectivity index (χ1v) is 9.87. The summed E-state index contributed by atoms with van der Waals surface area (Å²) >= 11 is 0. The van der Waals surface area contributed by atoms with Gasteiger partial charge in [0.1, 0.15) is 11.5 Å². The Morgan fingerprint density at radius 1 is 0.964 bits per heavy atom. The molecule has 5 heteroatoms. The number of methoxy groups -OCH3 is 1. The number of hydrogen-bond donors (Lipinski definition) is 1. The molecule has 2 aromatic rings. The summed E-state index contributed by atoms with van der Waals surface area (Å²) in [4.78, 5) is 11.0. The van der Waals surface area contributed by atoms with Crippen LogP contribution < -0.4 is 9.47 Å². The number of aliphatic carboxylic acids is 1. The SMILES string of the molecule is CO[C@@H](Cc1ccc(OCCCOc2ccc3c(c2)CCCC3)cc1)C(=O)O. The number of ether oxygens (including phenoxy) is 3. The van der Waals surface area contributed by atoms with Crippen molar-refractivity contribution in [1.29, 1.82) is 0 Å². The summed E-state index contributed by atoms with van der Waals surface area (Å²) in [5.41, 5.74) is 3.79. The minimum absolute atomic E-state index is 0.334. The molecule has 3 rings (SSSR count). The van der Waals surface area contributed by atoms with Gasteiger partial charge < -0.3 is 19.3 Å². The zero-order valence-corrected chi connectivity index (χ0v) is 16.4. The van der Waals surface area contributed by atoms with E-state index in [2.05, 4.69) is 18.2 Å². The van der Waals surface area contributed by atoms with Gasteiger partial charge in [-0.1, -0.05) is 18.2 Å². The van der Waals surface area contributed by atoms with E-state index in [4.69, 9.17) is 19.3 Å². The summed E-state index contributed by atoms with van der Waals surface area (Å²) in [5.74, 6) is 0.750. The van der Waals surface area contributed by atoms with Crippen molar-refractivity contribution < 1.29 is 24.1 Å². The fraction of sp³-hybridized carbons (Fsp3) is 0.435. The Hall–Kier alpha value is -2.53. The third-order valence-corrected chi connectivity index (χ3v) is 5.05. The monoisotopic (exact) mass is 384 g/mol. The number of fused-ring (bicyclic) bond motifs is 1. The fourth-order valence-corrected chi connectivity index (χ4v) is 3.45. The van der Waals surface area contributed by atoms with Crippen LogP contribution in [0.4, 0.5) is 0 Å².